The number of hydrogen-bond donors (Lipinski definition) is 2. The van der Waals surface area contributed by atoms with Gasteiger partial charge in [0.15, 0.2) is 0 Å². The van der Waals surface area contributed by atoms with Gasteiger partial charge in [0.1, 0.15) is 0 Å². The zero-order chi connectivity index (χ0) is 9.54. The zero-order valence-corrected chi connectivity index (χ0v) is 8.87. The van der Waals surface area contributed by atoms with E-state index >= 15 is 0 Å². The zero-order valence-electron chi connectivity index (χ0n) is 8.87. The molecule has 0 amide bonds. The van der Waals surface area contributed by atoms with Gasteiger partial charge in [0.25, 0.3) is 0 Å². The van der Waals surface area contributed by atoms with Crippen LogP contribution < -0.4 is 10.6 Å². The predicted molar refractivity (Wildman–Crippen MR) is 55.7 cm³/mol. The van der Waals surface area contributed by atoms with Gasteiger partial charge in [-0.15, -0.1) is 0 Å². The lowest BCUT2D eigenvalue weighted by molar-refractivity contribution is 0.101. The summed E-state index contributed by atoms with van der Waals surface area (Å²) in [6, 6.07) is 0. The molecule has 2 N–H and O–H groups in total. The normalized spacial score (nSPS) is 40.9. The largest absolute Gasteiger partial charge is 0.299 e. The SMILES string of the molecule is CC1N2CCCN[C@H]2[C@@H]2NCCCN12. The van der Waals surface area contributed by atoms with Crippen LogP contribution in [0.5, 0.6) is 0 Å². The van der Waals surface area contributed by atoms with Gasteiger partial charge in [-0.25, -0.2) is 0 Å². The molecule has 0 aromatic heterocycles. The Morgan fingerprint density at radius 2 is 1.43 bits per heavy atom. The summed E-state index contributed by atoms with van der Waals surface area (Å²) in [6.07, 6.45) is 4.31. The van der Waals surface area contributed by atoms with Crippen molar-refractivity contribution in [2.75, 3.05) is 26.2 Å². The maximum atomic E-state index is 3.63. The summed E-state index contributed by atoms with van der Waals surface area (Å²) >= 11 is 0. The van der Waals surface area contributed by atoms with Crippen LogP contribution in [0.4, 0.5) is 0 Å². The molecule has 3 aliphatic heterocycles. The molecule has 0 aromatic rings. The monoisotopic (exact) mass is 196 g/mol. The summed E-state index contributed by atoms with van der Waals surface area (Å²) in [5, 5.41) is 7.26. The van der Waals surface area contributed by atoms with Gasteiger partial charge < -0.3 is 0 Å². The van der Waals surface area contributed by atoms with Gasteiger partial charge in [-0.3, -0.25) is 20.4 Å². The van der Waals surface area contributed by atoms with Crippen molar-refractivity contribution in [1.29, 1.82) is 0 Å². The van der Waals surface area contributed by atoms with E-state index in [1.165, 1.54) is 39.0 Å². The maximum Gasteiger partial charge on any atom is 0.0906 e. The van der Waals surface area contributed by atoms with Gasteiger partial charge >= 0.3 is 0 Å². The van der Waals surface area contributed by atoms with Crippen molar-refractivity contribution in [2.45, 2.75) is 38.3 Å². The van der Waals surface area contributed by atoms with Crippen LogP contribution in [0, 0.1) is 0 Å². The first-order chi connectivity index (χ1) is 6.88. The third-order valence-electron chi connectivity index (χ3n) is 3.87. The second kappa shape index (κ2) is 3.45. The van der Waals surface area contributed by atoms with Gasteiger partial charge in [0.2, 0.25) is 0 Å². The van der Waals surface area contributed by atoms with E-state index in [-0.39, 0.29) is 0 Å². The molecule has 3 heterocycles. The van der Waals surface area contributed by atoms with Crippen LogP contribution in [0.25, 0.3) is 0 Å². The average Bonchev–Trinajstić information content (AvgIpc) is 2.55. The first-order valence-electron chi connectivity index (χ1n) is 5.86. The van der Waals surface area contributed by atoms with Crippen LogP contribution in [0.3, 0.4) is 0 Å². The second-order valence-electron chi connectivity index (χ2n) is 4.61. The standard InChI is InChI=1S/C10H20N4/c1-8-13-6-2-4-11-9(13)10-12-5-3-7-14(8)10/h8-12H,2-7H2,1H3/t9-,10-/m1/s1. The Morgan fingerprint density at radius 3 is 1.93 bits per heavy atom. The molecule has 3 rings (SSSR count). The Hall–Kier alpha value is -0.160. The molecule has 0 radical (unpaired) electrons. The van der Waals surface area contributed by atoms with E-state index in [2.05, 4.69) is 27.4 Å². The number of fused-ring (bicyclic) bond motifs is 3. The number of hydrogen-bond acceptors (Lipinski definition) is 4. The maximum absolute atomic E-state index is 3.63. The summed E-state index contributed by atoms with van der Waals surface area (Å²) in [5.41, 5.74) is 0. The van der Waals surface area contributed by atoms with Crippen molar-refractivity contribution in [2.24, 2.45) is 0 Å². The molecule has 3 fully saturated rings. The van der Waals surface area contributed by atoms with Crippen molar-refractivity contribution in [3.8, 4) is 0 Å². The average molecular weight is 196 g/mol. The van der Waals surface area contributed by atoms with Gasteiger partial charge in [0, 0.05) is 13.1 Å². The lowest BCUT2D eigenvalue weighted by Gasteiger charge is -2.35. The number of nitrogens with zero attached hydrogens (tertiary/aromatic N) is 2. The van der Waals surface area contributed by atoms with Gasteiger partial charge in [-0.1, -0.05) is 0 Å². The van der Waals surface area contributed by atoms with E-state index in [9.17, 15) is 0 Å². The molecule has 0 bridgehead atoms. The Bertz CT molecular complexity index is 198. The molecule has 4 nitrogen and oxygen atoms in total. The molecule has 0 spiro atoms. The lowest BCUT2D eigenvalue weighted by Crippen LogP contribution is -2.59. The first kappa shape index (κ1) is 9.09. The van der Waals surface area contributed by atoms with Crippen LogP contribution in [-0.2, 0) is 0 Å². The predicted octanol–water partition coefficient (Wildman–Crippen LogP) is -0.411. The molecule has 0 aromatic carbocycles. The summed E-state index contributed by atoms with van der Waals surface area (Å²) in [5.74, 6) is 0. The van der Waals surface area contributed by atoms with E-state index in [1.807, 2.05) is 0 Å². The molecule has 0 saturated carbocycles. The summed E-state index contributed by atoms with van der Waals surface area (Å²) in [4.78, 5) is 5.21. The molecule has 4 heteroatoms. The van der Waals surface area contributed by atoms with Gasteiger partial charge in [-0.2, -0.15) is 0 Å². The third kappa shape index (κ3) is 1.21. The van der Waals surface area contributed by atoms with Crippen LogP contribution in [-0.4, -0.2) is 54.5 Å². The molecule has 3 saturated heterocycles. The topological polar surface area (TPSA) is 30.5 Å². The highest BCUT2D eigenvalue weighted by molar-refractivity contribution is 4.97. The molecule has 0 unspecified atom stereocenters. The van der Waals surface area contributed by atoms with E-state index < -0.39 is 0 Å². The van der Waals surface area contributed by atoms with Crippen LogP contribution in [0.15, 0.2) is 0 Å². The van der Waals surface area contributed by atoms with Crippen molar-refractivity contribution >= 4 is 0 Å². The summed E-state index contributed by atoms with van der Waals surface area (Å²) in [6.45, 7) is 7.22. The highest BCUT2D eigenvalue weighted by Crippen LogP contribution is 2.27. The molecule has 2 atom stereocenters. The van der Waals surface area contributed by atoms with Crippen molar-refractivity contribution in [1.82, 2.24) is 20.4 Å². The summed E-state index contributed by atoms with van der Waals surface area (Å²) < 4.78 is 0. The minimum atomic E-state index is 0.555. The highest BCUT2D eigenvalue weighted by atomic mass is 15.5. The van der Waals surface area contributed by atoms with Crippen molar-refractivity contribution < 1.29 is 0 Å². The van der Waals surface area contributed by atoms with E-state index in [1.54, 1.807) is 0 Å². The Morgan fingerprint density at radius 1 is 0.929 bits per heavy atom. The fraction of sp³-hybridized carbons (Fsp3) is 1.00. The third-order valence-corrected chi connectivity index (χ3v) is 3.87. The Balaban J connectivity index is 1.83. The van der Waals surface area contributed by atoms with Crippen LogP contribution in [0.1, 0.15) is 19.8 Å². The van der Waals surface area contributed by atoms with E-state index in [4.69, 9.17) is 0 Å². The quantitative estimate of drug-likeness (QED) is 0.551. The highest BCUT2D eigenvalue weighted by Gasteiger charge is 2.46. The van der Waals surface area contributed by atoms with Crippen molar-refractivity contribution in [3.05, 3.63) is 0 Å². The molecular formula is C10H20N4. The second-order valence-corrected chi connectivity index (χ2v) is 4.61. The Kier molecular flexibility index (Phi) is 2.24. The fourth-order valence-corrected chi connectivity index (χ4v) is 3.15. The lowest BCUT2D eigenvalue weighted by atomic mass is 10.2. The van der Waals surface area contributed by atoms with Crippen LogP contribution >= 0.6 is 0 Å². The summed E-state index contributed by atoms with van der Waals surface area (Å²) in [7, 11) is 0. The molecule has 0 aliphatic carbocycles. The molecule has 80 valence electrons. The molecule has 3 aliphatic rings. The van der Waals surface area contributed by atoms with Crippen LogP contribution in [0.2, 0.25) is 0 Å². The number of nitrogens with one attached hydrogen (secondary N) is 2. The Labute approximate surface area is 85.6 Å². The smallest absolute Gasteiger partial charge is 0.0906 e. The minimum absolute atomic E-state index is 0.555. The van der Waals surface area contributed by atoms with E-state index in [0.717, 1.165) is 0 Å². The van der Waals surface area contributed by atoms with Gasteiger partial charge in [0.05, 0.1) is 18.5 Å². The number of rotatable bonds is 0. The minimum Gasteiger partial charge on any atom is -0.299 e. The molecule has 14 heavy (non-hydrogen) atoms. The van der Waals surface area contributed by atoms with Gasteiger partial charge in [-0.05, 0) is 32.9 Å². The van der Waals surface area contributed by atoms with Crippen molar-refractivity contribution in [3.63, 3.8) is 0 Å². The molecular weight excluding hydrogens is 176 g/mol. The first-order valence-corrected chi connectivity index (χ1v) is 5.86. The fourth-order valence-electron chi connectivity index (χ4n) is 3.15. The van der Waals surface area contributed by atoms with E-state index in [0.29, 0.717) is 18.5 Å².